The molecule has 0 bridgehead atoms. The Labute approximate surface area is 129 Å². The van der Waals surface area contributed by atoms with Crippen molar-refractivity contribution in [2.75, 3.05) is 20.6 Å². The van der Waals surface area contributed by atoms with E-state index in [9.17, 15) is 4.79 Å². The van der Waals surface area contributed by atoms with E-state index in [0.717, 1.165) is 22.7 Å². The number of likely N-dealkylation sites (N-methyl/N-ethyl adjacent to an activating group) is 1. The van der Waals surface area contributed by atoms with Crippen molar-refractivity contribution in [3.63, 3.8) is 0 Å². The fraction of sp³-hybridized carbons (Fsp3) is 0.375. The Kier molecular flexibility index (Phi) is 5.47. The zero-order valence-corrected chi connectivity index (χ0v) is 13.5. The molecule has 1 amide bonds. The van der Waals surface area contributed by atoms with Crippen LogP contribution in [0.3, 0.4) is 0 Å². The van der Waals surface area contributed by atoms with Crippen LogP contribution in [0.4, 0.5) is 0 Å². The van der Waals surface area contributed by atoms with Crippen molar-refractivity contribution in [2.45, 2.75) is 19.4 Å². The van der Waals surface area contributed by atoms with Crippen molar-refractivity contribution in [3.8, 4) is 0 Å². The summed E-state index contributed by atoms with van der Waals surface area (Å²) in [4.78, 5) is 18.7. The first kappa shape index (κ1) is 15.7. The highest BCUT2D eigenvalue weighted by Crippen LogP contribution is 2.17. The molecule has 21 heavy (non-hydrogen) atoms. The lowest BCUT2D eigenvalue weighted by Gasteiger charge is -2.23. The number of nitrogens with zero attached hydrogens (tertiary/aromatic N) is 2. The molecule has 5 heteroatoms. The Hall–Kier alpha value is -1.72. The Morgan fingerprint density at radius 3 is 2.62 bits per heavy atom. The van der Waals surface area contributed by atoms with Crippen molar-refractivity contribution < 1.29 is 4.79 Å². The van der Waals surface area contributed by atoms with E-state index in [1.54, 1.807) is 11.3 Å². The molecular formula is C16H21N3OS. The summed E-state index contributed by atoms with van der Waals surface area (Å²) < 4.78 is 0. The first-order chi connectivity index (χ1) is 10.1. The quantitative estimate of drug-likeness (QED) is 0.891. The molecule has 1 aromatic carbocycles. The highest BCUT2D eigenvalue weighted by Gasteiger charge is 2.22. The zero-order chi connectivity index (χ0) is 15.2. The van der Waals surface area contributed by atoms with Gasteiger partial charge in [-0.05, 0) is 26.6 Å². The Morgan fingerprint density at radius 2 is 2.05 bits per heavy atom. The smallest absolute Gasteiger partial charge is 0.241 e. The van der Waals surface area contributed by atoms with Crippen LogP contribution in [0.2, 0.25) is 0 Å². The van der Waals surface area contributed by atoms with Gasteiger partial charge in [0.25, 0.3) is 0 Å². The fourth-order valence-corrected chi connectivity index (χ4v) is 2.90. The van der Waals surface area contributed by atoms with Gasteiger partial charge in [-0.1, -0.05) is 30.3 Å². The van der Waals surface area contributed by atoms with E-state index in [1.165, 1.54) is 0 Å². The maximum atomic E-state index is 12.4. The van der Waals surface area contributed by atoms with Crippen LogP contribution in [0, 0.1) is 6.92 Å². The van der Waals surface area contributed by atoms with Gasteiger partial charge < -0.3 is 5.32 Å². The molecule has 0 saturated heterocycles. The third kappa shape index (κ3) is 4.37. The molecule has 2 rings (SSSR count). The number of aromatic nitrogens is 1. The van der Waals surface area contributed by atoms with Crippen LogP contribution < -0.4 is 5.32 Å². The van der Waals surface area contributed by atoms with Crippen molar-refractivity contribution in [1.82, 2.24) is 15.2 Å². The molecule has 112 valence electrons. The van der Waals surface area contributed by atoms with Gasteiger partial charge in [0.05, 0.1) is 10.7 Å². The Bertz CT molecular complexity index is 580. The number of carbonyl (C=O) groups is 1. The monoisotopic (exact) mass is 303 g/mol. The number of benzene rings is 1. The minimum atomic E-state index is -0.261. The normalized spacial score (nSPS) is 12.4. The summed E-state index contributed by atoms with van der Waals surface area (Å²) in [6.07, 6.45) is 0.769. The standard InChI is InChI=1S/C16H21N3OS/c1-12-18-14(11-21-12)9-10-17-16(20)15(19(2)3)13-7-5-4-6-8-13/h4-8,11,15H,9-10H2,1-3H3,(H,17,20). The van der Waals surface area contributed by atoms with Crippen LogP contribution >= 0.6 is 11.3 Å². The summed E-state index contributed by atoms with van der Waals surface area (Å²) in [7, 11) is 3.84. The highest BCUT2D eigenvalue weighted by molar-refractivity contribution is 7.09. The molecular weight excluding hydrogens is 282 g/mol. The van der Waals surface area contributed by atoms with E-state index in [0.29, 0.717) is 6.54 Å². The van der Waals surface area contributed by atoms with Gasteiger partial charge in [0, 0.05) is 18.3 Å². The second kappa shape index (κ2) is 7.33. The number of thiazole rings is 1. The summed E-state index contributed by atoms with van der Waals surface area (Å²) in [5.74, 6) is 0.0261. The van der Waals surface area contributed by atoms with Crippen molar-refractivity contribution >= 4 is 17.2 Å². The molecule has 1 heterocycles. The lowest BCUT2D eigenvalue weighted by atomic mass is 10.1. The highest BCUT2D eigenvalue weighted by atomic mass is 32.1. The predicted molar refractivity (Wildman–Crippen MR) is 86.4 cm³/mol. The number of carbonyl (C=O) groups excluding carboxylic acids is 1. The Morgan fingerprint density at radius 1 is 1.33 bits per heavy atom. The number of hydrogen-bond acceptors (Lipinski definition) is 4. The van der Waals surface area contributed by atoms with Crippen LogP contribution in [0.1, 0.15) is 22.3 Å². The van der Waals surface area contributed by atoms with E-state index in [4.69, 9.17) is 0 Å². The molecule has 4 nitrogen and oxygen atoms in total. The van der Waals surface area contributed by atoms with Gasteiger partial charge in [-0.2, -0.15) is 0 Å². The molecule has 0 fully saturated rings. The topological polar surface area (TPSA) is 45.2 Å². The van der Waals surface area contributed by atoms with E-state index in [1.807, 2.05) is 61.6 Å². The molecule has 2 aromatic rings. The van der Waals surface area contributed by atoms with E-state index >= 15 is 0 Å². The van der Waals surface area contributed by atoms with E-state index < -0.39 is 0 Å². The molecule has 1 N–H and O–H groups in total. The molecule has 0 aliphatic carbocycles. The van der Waals surface area contributed by atoms with Crippen LogP contribution in [-0.2, 0) is 11.2 Å². The van der Waals surface area contributed by atoms with Crippen LogP contribution in [-0.4, -0.2) is 36.4 Å². The number of amides is 1. The summed E-state index contributed by atoms with van der Waals surface area (Å²) in [5.41, 5.74) is 2.04. The molecule has 0 spiro atoms. The SMILES string of the molecule is Cc1nc(CCNC(=O)C(c2ccccc2)N(C)C)cs1. The summed E-state index contributed by atoms with van der Waals surface area (Å²) >= 11 is 1.64. The molecule has 1 aromatic heterocycles. The van der Waals surface area contributed by atoms with Crippen molar-refractivity contribution in [1.29, 1.82) is 0 Å². The lowest BCUT2D eigenvalue weighted by Crippen LogP contribution is -2.37. The second-order valence-corrected chi connectivity index (χ2v) is 6.24. The summed E-state index contributed by atoms with van der Waals surface area (Å²) in [6.45, 7) is 2.60. The first-order valence-electron chi connectivity index (χ1n) is 6.98. The lowest BCUT2D eigenvalue weighted by molar-refractivity contribution is -0.125. The second-order valence-electron chi connectivity index (χ2n) is 5.18. The molecule has 1 atom stereocenters. The average molecular weight is 303 g/mol. The number of nitrogens with one attached hydrogen (secondary N) is 1. The summed E-state index contributed by atoms with van der Waals surface area (Å²) in [6, 6.07) is 9.57. The van der Waals surface area contributed by atoms with E-state index in [2.05, 4.69) is 10.3 Å². The van der Waals surface area contributed by atoms with Crippen LogP contribution in [0.5, 0.6) is 0 Å². The maximum Gasteiger partial charge on any atom is 0.241 e. The van der Waals surface area contributed by atoms with Gasteiger partial charge in [0.2, 0.25) is 5.91 Å². The van der Waals surface area contributed by atoms with Crippen molar-refractivity contribution in [2.24, 2.45) is 0 Å². The summed E-state index contributed by atoms with van der Waals surface area (Å²) in [5, 5.41) is 6.11. The molecule has 0 saturated carbocycles. The number of hydrogen-bond donors (Lipinski definition) is 1. The minimum absolute atomic E-state index is 0.0261. The first-order valence-corrected chi connectivity index (χ1v) is 7.86. The number of aryl methyl sites for hydroxylation is 1. The van der Waals surface area contributed by atoms with Crippen LogP contribution in [0.25, 0.3) is 0 Å². The third-order valence-electron chi connectivity index (χ3n) is 3.23. The van der Waals surface area contributed by atoms with Crippen molar-refractivity contribution in [3.05, 3.63) is 52.0 Å². The Balaban J connectivity index is 1.93. The molecule has 0 radical (unpaired) electrons. The van der Waals surface area contributed by atoms with Gasteiger partial charge in [-0.15, -0.1) is 11.3 Å². The van der Waals surface area contributed by atoms with Gasteiger partial charge in [-0.25, -0.2) is 4.98 Å². The number of rotatable bonds is 6. The molecule has 1 unspecified atom stereocenters. The fourth-order valence-electron chi connectivity index (χ4n) is 2.25. The maximum absolute atomic E-state index is 12.4. The van der Waals surface area contributed by atoms with Gasteiger partial charge in [0.15, 0.2) is 0 Å². The molecule has 0 aliphatic rings. The van der Waals surface area contributed by atoms with Crippen LogP contribution in [0.15, 0.2) is 35.7 Å². The van der Waals surface area contributed by atoms with Gasteiger partial charge in [0.1, 0.15) is 6.04 Å². The largest absolute Gasteiger partial charge is 0.354 e. The van der Waals surface area contributed by atoms with Gasteiger partial charge in [-0.3, -0.25) is 9.69 Å². The third-order valence-corrected chi connectivity index (χ3v) is 4.05. The minimum Gasteiger partial charge on any atom is -0.354 e. The zero-order valence-electron chi connectivity index (χ0n) is 12.7. The van der Waals surface area contributed by atoms with E-state index in [-0.39, 0.29) is 11.9 Å². The predicted octanol–water partition coefficient (Wildman–Crippen LogP) is 2.41. The molecule has 0 aliphatic heterocycles. The average Bonchev–Trinajstić information content (AvgIpc) is 2.85. The van der Waals surface area contributed by atoms with Gasteiger partial charge >= 0.3 is 0 Å².